The van der Waals surface area contributed by atoms with Crippen molar-refractivity contribution in [1.29, 1.82) is 0 Å². The zero-order valence-electron chi connectivity index (χ0n) is 21.7. The Kier molecular flexibility index (Phi) is 7.80. The van der Waals surface area contributed by atoms with Crippen LogP contribution >= 0.6 is 0 Å². The van der Waals surface area contributed by atoms with Gasteiger partial charge in [0.05, 0.1) is 0 Å². The second-order valence-electron chi connectivity index (χ2n) is 11.0. The number of hydrogen-bond acceptors (Lipinski definition) is 2. The van der Waals surface area contributed by atoms with Crippen molar-refractivity contribution in [2.45, 2.75) is 64.0 Å². The number of aliphatic hydroxyl groups is 1. The van der Waals surface area contributed by atoms with E-state index in [1.165, 1.54) is 10.4 Å². The minimum atomic E-state index is -2.55. The van der Waals surface area contributed by atoms with Crippen LogP contribution in [0.3, 0.4) is 0 Å². The first-order valence-corrected chi connectivity index (χ1v) is 14.9. The normalized spacial score (nSPS) is 18.5. The SMILES string of the molecule is CC(O)(C1=CCCCC1CCO[Si](c1ccccc1)(c1ccccc1)C(C)(C)C)c1ccccc1. The molecule has 0 bridgehead atoms. The van der Waals surface area contributed by atoms with Crippen molar-refractivity contribution in [3.8, 4) is 0 Å². The molecule has 0 saturated heterocycles. The van der Waals surface area contributed by atoms with Crippen LogP contribution in [-0.4, -0.2) is 20.0 Å². The lowest BCUT2D eigenvalue weighted by molar-refractivity contribution is 0.0784. The third kappa shape index (κ3) is 5.23. The summed E-state index contributed by atoms with van der Waals surface area (Å²) in [6.45, 7) is 9.61. The van der Waals surface area contributed by atoms with Gasteiger partial charge in [-0.1, -0.05) is 118 Å². The zero-order chi connectivity index (χ0) is 24.9. The molecule has 2 nitrogen and oxygen atoms in total. The van der Waals surface area contributed by atoms with E-state index in [0.717, 1.165) is 36.8 Å². The van der Waals surface area contributed by atoms with Gasteiger partial charge in [0.2, 0.25) is 0 Å². The Morgan fingerprint density at radius 1 is 0.800 bits per heavy atom. The van der Waals surface area contributed by atoms with Gasteiger partial charge < -0.3 is 9.53 Å². The third-order valence-electron chi connectivity index (χ3n) is 7.66. The summed E-state index contributed by atoms with van der Waals surface area (Å²) in [4.78, 5) is 0. The molecule has 0 spiro atoms. The Balaban J connectivity index is 1.62. The van der Waals surface area contributed by atoms with Crippen LogP contribution in [0.2, 0.25) is 5.04 Å². The summed E-state index contributed by atoms with van der Waals surface area (Å²) in [5.41, 5.74) is 1.16. The molecule has 35 heavy (non-hydrogen) atoms. The Morgan fingerprint density at radius 3 is 1.83 bits per heavy atom. The molecule has 0 aliphatic heterocycles. The summed E-state index contributed by atoms with van der Waals surface area (Å²) in [6.07, 6.45) is 6.49. The summed E-state index contributed by atoms with van der Waals surface area (Å²) >= 11 is 0. The average molecular weight is 485 g/mol. The molecule has 3 aromatic carbocycles. The second kappa shape index (κ2) is 10.7. The quantitative estimate of drug-likeness (QED) is 0.289. The van der Waals surface area contributed by atoms with Crippen molar-refractivity contribution in [2.75, 3.05) is 6.61 Å². The van der Waals surface area contributed by atoms with Crippen molar-refractivity contribution < 1.29 is 9.53 Å². The maximum atomic E-state index is 11.6. The molecular formula is C32H40O2Si. The molecule has 2 unspecified atom stereocenters. The second-order valence-corrected chi connectivity index (χ2v) is 15.3. The molecule has 0 radical (unpaired) electrons. The molecule has 3 heteroatoms. The van der Waals surface area contributed by atoms with Crippen LogP contribution in [-0.2, 0) is 10.0 Å². The number of rotatable bonds is 8. The molecule has 0 fully saturated rings. The highest BCUT2D eigenvalue weighted by molar-refractivity contribution is 6.99. The minimum absolute atomic E-state index is 0.0313. The van der Waals surface area contributed by atoms with Crippen molar-refractivity contribution in [2.24, 2.45) is 5.92 Å². The summed E-state index contributed by atoms with van der Waals surface area (Å²) in [6, 6.07) is 31.8. The van der Waals surface area contributed by atoms with Crippen LogP contribution in [0.15, 0.2) is 103 Å². The molecular weight excluding hydrogens is 444 g/mol. The first kappa shape index (κ1) is 25.6. The number of allylic oxidation sites excluding steroid dienone is 1. The smallest absolute Gasteiger partial charge is 0.261 e. The molecule has 0 saturated carbocycles. The first-order valence-electron chi connectivity index (χ1n) is 13.0. The Bertz CT molecular complexity index is 1060. The first-order chi connectivity index (χ1) is 16.8. The van der Waals surface area contributed by atoms with E-state index >= 15 is 0 Å². The van der Waals surface area contributed by atoms with Crippen molar-refractivity contribution in [3.05, 3.63) is 108 Å². The molecule has 4 rings (SSSR count). The fraction of sp³-hybridized carbons (Fsp3) is 0.375. The topological polar surface area (TPSA) is 29.5 Å². The van der Waals surface area contributed by atoms with Gasteiger partial charge in [-0.3, -0.25) is 0 Å². The van der Waals surface area contributed by atoms with Crippen molar-refractivity contribution in [1.82, 2.24) is 0 Å². The van der Waals surface area contributed by atoms with E-state index in [0.29, 0.717) is 12.5 Å². The van der Waals surface area contributed by atoms with E-state index in [4.69, 9.17) is 4.43 Å². The number of hydrogen-bond donors (Lipinski definition) is 1. The molecule has 1 aliphatic carbocycles. The van der Waals surface area contributed by atoms with E-state index in [1.807, 2.05) is 37.3 Å². The maximum absolute atomic E-state index is 11.6. The highest BCUT2D eigenvalue weighted by atomic mass is 28.4. The lowest BCUT2D eigenvalue weighted by Crippen LogP contribution is -2.66. The molecule has 0 amide bonds. The van der Waals surface area contributed by atoms with Crippen LogP contribution in [0.1, 0.15) is 58.9 Å². The molecule has 184 valence electrons. The summed E-state index contributed by atoms with van der Waals surface area (Å²) in [5.74, 6) is 0.317. The van der Waals surface area contributed by atoms with Crippen LogP contribution in [0, 0.1) is 5.92 Å². The van der Waals surface area contributed by atoms with Gasteiger partial charge in [0.1, 0.15) is 5.60 Å². The highest BCUT2D eigenvalue weighted by Gasteiger charge is 2.50. The Labute approximate surface area is 212 Å². The van der Waals surface area contributed by atoms with Gasteiger partial charge in [-0.05, 0) is 65.1 Å². The monoisotopic (exact) mass is 484 g/mol. The molecule has 1 aliphatic rings. The van der Waals surface area contributed by atoms with Gasteiger partial charge >= 0.3 is 0 Å². The molecule has 0 aromatic heterocycles. The minimum Gasteiger partial charge on any atom is -0.407 e. The van der Waals surface area contributed by atoms with Gasteiger partial charge in [-0.2, -0.15) is 0 Å². The predicted octanol–water partition coefficient (Wildman–Crippen LogP) is 6.59. The van der Waals surface area contributed by atoms with Gasteiger partial charge in [-0.25, -0.2) is 0 Å². The molecule has 3 aromatic rings. The fourth-order valence-electron chi connectivity index (χ4n) is 5.89. The maximum Gasteiger partial charge on any atom is 0.261 e. The molecule has 2 atom stereocenters. The zero-order valence-corrected chi connectivity index (χ0v) is 22.7. The van der Waals surface area contributed by atoms with Crippen LogP contribution in [0.5, 0.6) is 0 Å². The van der Waals surface area contributed by atoms with Gasteiger partial charge in [0.15, 0.2) is 0 Å². The van der Waals surface area contributed by atoms with Crippen LogP contribution in [0.4, 0.5) is 0 Å². The van der Waals surface area contributed by atoms with Gasteiger partial charge in [0, 0.05) is 6.61 Å². The largest absolute Gasteiger partial charge is 0.407 e. The summed E-state index contributed by atoms with van der Waals surface area (Å²) in [5, 5.41) is 14.2. The van der Waals surface area contributed by atoms with Crippen molar-refractivity contribution >= 4 is 18.7 Å². The number of benzene rings is 3. The highest BCUT2D eigenvalue weighted by Crippen LogP contribution is 2.41. The van der Waals surface area contributed by atoms with Gasteiger partial charge in [-0.15, -0.1) is 0 Å². The van der Waals surface area contributed by atoms with E-state index < -0.39 is 13.9 Å². The van der Waals surface area contributed by atoms with Gasteiger partial charge in [0.25, 0.3) is 8.32 Å². The Hall–Kier alpha value is -2.46. The lowest BCUT2D eigenvalue weighted by atomic mass is 9.74. The van der Waals surface area contributed by atoms with Crippen LogP contribution in [0.25, 0.3) is 0 Å². The van der Waals surface area contributed by atoms with E-state index in [2.05, 4.69) is 87.5 Å². The van der Waals surface area contributed by atoms with E-state index in [9.17, 15) is 5.11 Å². The molecule has 0 heterocycles. The summed E-state index contributed by atoms with van der Waals surface area (Å²) in [7, 11) is -2.55. The molecule has 1 N–H and O–H groups in total. The average Bonchev–Trinajstić information content (AvgIpc) is 2.88. The van der Waals surface area contributed by atoms with E-state index in [-0.39, 0.29) is 5.04 Å². The lowest BCUT2D eigenvalue weighted by Gasteiger charge is -2.43. The van der Waals surface area contributed by atoms with Crippen LogP contribution < -0.4 is 10.4 Å². The van der Waals surface area contributed by atoms with E-state index in [1.54, 1.807) is 0 Å². The third-order valence-corrected chi connectivity index (χ3v) is 12.7. The standard InChI is InChI=1S/C32H40O2Si/c1-31(2,3)35(28-19-10-6-11-20-28,29-21-12-7-13-22-29)34-25-24-26-16-14-15-23-30(26)32(4,33)27-17-8-5-9-18-27/h5-13,17-23,26,33H,14-16,24-25H2,1-4H3. The predicted molar refractivity (Wildman–Crippen MR) is 150 cm³/mol. The fourth-order valence-corrected chi connectivity index (χ4v) is 10.5. The van der Waals surface area contributed by atoms with Crippen molar-refractivity contribution in [3.63, 3.8) is 0 Å². The summed E-state index contributed by atoms with van der Waals surface area (Å²) < 4.78 is 7.17. The Morgan fingerprint density at radius 2 is 1.31 bits per heavy atom.